The minimum absolute atomic E-state index is 0.0695. The average molecular weight is 629 g/mol. The van der Waals surface area contributed by atoms with Gasteiger partial charge in [0.05, 0.1) is 31.2 Å². The van der Waals surface area contributed by atoms with Crippen LogP contribution in [0.4, 0.5) is 15.8 Å². The highest BCUT2D eigenvalue weighted by molar-refractivity contribution is 7.90. The number of benzene rings is 1. The van der Waals surface area contributed by atoms with Gasteiger partial charge in [-0.2, -0.15) is 12.7 Å². The molecule has 5 heterocycles. The highest BCUT2D eigenvalue weighted by Crippen LogP contribution is 2.36. The van der Waals surface area contributed by atoms with Crippen LogP contribution in [-0.4, -0.2) is 80.1 Å². The number of nitrogens with zero attached hydrogens (tertiary/aromatic N) is 6. The Kier molecular flexibility index (Phi) is 8.36. The zero-order valence-electron chi connectivity index (χ0n) is 24.0. The number of hydrogen-bond acceptors (Lipinski definition) is 9. The molecule has 0 spiro atoms. The summed E-state index contributed by atoms with van der Waals surface area (Å²) in [6.45, 7) is 5.15. The van der Waals surface area contributed by atoms with E-state index >= 15 is 0 Å². The molecule has 2 saturated heterocycles. The molecule has 43 heavy (non-hydrogen) atoms. The molecule has 11 nitrogen and oxygen atoms in total. The Morgan fingerprint density at radius 1 is 1.12 bits per heavy atom. The topological polar surface area (TPSA) is 110 Å². The minimum Gasteiger partial charge on any atom is -0.486 e. The van der Waals surface area contributed by atoms with Gasteiger partial charge in [-0.1, -0.05) is 25.5 Å². The molecule has 0 N–H and O–H groups in total. The van der Waals surface area contributed by atoms with Crippen LogP contribution in [0.2, 0.25) is 0 Å². The normalized spacial score (nSPS) is 17.2. The van der Waals surface area contributed by atoms with Crippen LogP contribution < -0.4 is 19.5 Å². The van der Waals surface area contributed by atoms with Gasteiger partial charge >= 0.3 is 15.8 Å². The predicted molar refractivity (Wildman–Crippen MR) is 164 cm³/mol. The summed E-state index contributed by atoms with van der Waals surface area (Å²) < 4.78 is 55.7. The maximum absolute atomic E-state index is 14.2. The second-order valence-electron chi connectivity index (χ2n) is 10.5. The van der Waals surface area contributed by atoms with Crippen molar-refractivity contribution in [2.75, 3.05) is 62.3 Å². The summed E-state index contributed by atoms with van der Waals surface area (Å²) in [6.07, 6.45) is 5.56. The summed E-state index contributed by atoms with van der Waals surface area (Å²) in [4.78, 5) is 26.7. The van der Waals surface area contributed by atoms with Crippen molar-refractivity contribution >= 4 is 38.6 Å². The number of likely N-dealkylation sites (N-methyl/N-ethyl adjacent to an activating group) is 1. The van der Waals surface area contributed by atoms with Crippen LogP contribution in [-0.2, 0) is 21.4 Å². The summed E-state index contributed by atoms with van der Waals surface area (Å²) in [5.74, 6) is -0.234. The van der Waals surface area contributed by atoms with Gasteiger partial charge in [0.25, 0.3) is 0 Å². The fourth-order valence-electron chi connectivity index (χ4n) is 5.14. The van der Waals surface area contributed by atoms with E-state index in [-0.39, 0.29) is 29.5 Å². The number of hydrogen-bond donors (Lipinski definition) is 0. The first-order valence-corrected chi connectivity index (χ1v) is 16.5. The quantitative estimate of drug-likeness (QED) is 0.259. The van der Waals surface area contributed by atoms with Crippen LogP contribution in [0.3, 0.4) is 0 Å². The second-order valence-corrected chi connectivity index (χ2v) is 13.6. The second kappa shape index (κ2) is 12.2. The molecule has 0 bridgehead atoms. The SMILES string of the molecule is CCCCOc1c(-c2ncc(Cc3ccc(F)cc3)s2)nc2c(N3CCN(C)S3(=O)=O)cc(N3CCOCC3)cn2c1=O. The van der Waals surface area contributed by atoms with Crippen molar-refractivity contribution in [1.29, 1.82) is 0 Å². The van der Waals surface area contributed by atoms with E-state index in [2.05, 4.69) is 9.88 Å². The first kappa shape index (κ1) is 29.5. The molecule has 2 aliphatic heterocycles. The maximum atomic E-state index is 14.2. The summed E-state index contributed by atoms with van der Waals surface area (Å²) in [7, 11) is -2.28. The van der Waals surface area contributed by atoms with E-state index in [1.165, 1.54) is 43.5 Å². The Hall–Kier alpha value is -3.59. The van der Waals surface area contributed by atoms with Gasteiger partial charge in [0.15, 0.2) is 5.65 Å². The van der Waals surface area contributed by atoms with Gasteiger partial charge in [-0.25, -0.2) is 14.4 Å². The van der Waals surface area contributed by atoms with Crippen LogP contribution in [0, 0.1) is 5.82 Å². The summed E-state index contributed by atoms with van der Waals surface area (Å²) in [6, 6.07) is 8.06. The Balaban J connectivity index is 1.52. The van der Waals surface area contributed by atoms with Gasteiger partial charge in [-0.3, -0.25) is 13.5 Å². The fourth-order valence-corrected chi connectivity index (χ4v) is 7.42. The number of rotatable bonds is 9. The van der Waals surface area contributed by atoms with Crippen molar-refractivity contribution in [3.63, 3.8) is 0 Å². The van der Waals surface area contributed by atoms with E-state index in [1.807, 2.05) is 6.92 Å². The smallest absolute Gasteiger partial charge is 0.304 e. The third kappa shape index (κ3) is 5.84. The van der Waals surface area contributed by atoms with E-state index < -0.39 is 15.8 Å². The molecule has 0 atom stereocenters. The molecule has 228 valence electrons. The summed E-state index contributed by atoms with van der Waals surface area (Å²) >= 11 is 1.36. The fraction of sp³-hybridized carbons (Fsp3) is 0.414. The maximum Gasteiger partial charge on any atom is 0.304 e. The third-order valence-electron chi connectivity index (χ3n) is 7.58. The predicted octanol–water partition coefficient (Wildman–Crippen LogP) is 3.56. The number of ether oxygens (including phenoxy) is 2. The van der Waals surface area contributed by atoms with Crippen LogP contribution in [0.1, 0.15) is 30.2 Å². The average Bonchev–Trinajstić information content (AvgIpc) is 3.58. The van der Waals surface area contributed by atoms with Crippen molar-refractivity contribution < 1.29 is 22.3 Å². The van der Waals surface area contributed by atoms with Crippen LogP contribution in [0.25, 0.3) is 16.3 Å². The lowest BCUT2D eigenvalue weighted by molar-refractivity contribution is 0.122. The van der Waals surface area contributed by atoms with Gasteiger partial charge in [0.2, 0.25) is 5.75 Å². The van der Waals surface area contributed by atoms with Gasteiger partial charge in [-0.05, 0) is 30.2 Å². The lowest BCUT2D eigenvalue weighted by Gasteiger charge is -2.30. The zero-order chi connectivity index (χ0) is 30.1. The molecular formula is C29H33FN6O5S2. The number of thiazole rings is 1. The van der Waals surface area contributed by atoms with Gasteiger partial charge in [0, 0.05) is 56.9 Å². The first-order chi connectivity index (χ1) is 20.8. The molecule has 0 saturated carbocycles. The van der Waals surface area contributed by atoms with Gasteiger partial charge < -0.3 is 14.4 Å². The molecule has 2 aliphatic rings. The van der Waals surface area contributed by atoms with E-state index in [0.717, 1.165) is 23.3 Å². The number of anilines is 2. The molecule has 0 unspecified atom stereocenters. The van der Waals surface area contributed by atoms with Crippen molar-refractivity contribution in [3.05, 3.63) is 69.3 Å². The monoisotopic (exact) mass is 628 g/mol. The Morgan fingerprint density at radius 2 is 1.88 bits per heavy atom. The number of morpholine rings is 1. The molecule has 2 fully saturated rings. The van der Waals surface area contributed by atoms with Crippen LogP contribution in [0.5, 0.6) is 5.75 Å². The van der Waals surface area contributed by atoms with Crippen molar-refractivity contribution in [1.82, 2.24) is 18.7 Å². The van der Waals surface area contributed by atoms with Crippen LogP contribution in [0.15, 0.2) is 47.5 Å². The molecular weight excluding hydrogens is 595 g/mol. The molecule has 6 rings (SSSR count). The highest BCUT2D eigenvalue weighted by atomic mass is 32.2. The van der Waals surface area contributed by atoms with Crippen molar-refractivity contribution in [2.24, 2.45) is 0 Å². The summed E-state index contributed by atoms with van der Waals surface area (Å²) in [5, 5.41) is 0.479. The first-order valence-electron chi connectivity index (χ1n) is 14.3. The van der Waals surface area contributed by atoms with E-state index in [1.54, 1.807) is 30.6 Å². The summed E-state index contributed by atoms with van der Waals surface area (Å²) in [5.41, 5.74) is 1.96. The number of pyridine rings is 1. The standard InChI is InChI=1S/C29H33FN6O5S2/c1-3-4-13-41-26-25(28-31-18-23(42-28)16-20-5-7-21(30)8-6-20)32-27-24(36-10-9-33(2)43(36,38)39)17-22(19-35(27)29(26)37)34-11-14-40-15-12-34/h5-8,17-19H,3-4,9-16H2,1-2H3. The molecule has 0 aliphatic carbocycles. The third-order valence-corrected chi connectivity index (χ3v) is 10.5. The highest BCUT2D eigenvalue weighted by Gasteiger charge is 2.36. The molecule has 14 heteroatoms. The van der Waals surface area contributed by atoms with Crippen molar-refractivity contribution in [3.8, 4) is 16.5 Å². The number of unbranched alkanes of at least 4 members (excludes halogenated alkanes) is 1. The number of fused-ring (bicyclic) bond motifs is 1. The lowest BCUT2D eigenvalue weighted by atomic mass is 10.1. The van der Waals surface area contributed by atoms with Gasteiger partial charge in [-0.15, -0.1) is 11.3 Å². The Labute approximate surface area is 253 Å². The Bertz CT molecular complexity index is 1790. The molecule has 4 aromatic rings. The largest absolute Gasteiger partial charge is 0.486 e. The van der Waals surface area contributed by atoms with Crippen molar-refractivity contribution in [2.45, 2.75) is 26.2 Å². The lowest BCUT2D eigenvalue weighted by Crippen LogP contribution is -2.37. The van der Waals surface area contributed by atoms with E-state index in [4.69, 9.17) is 14.5 Å². The number of aromatic nitrogens is 3. The van der Waals surface area contributed by atoms with Crippen LogP contribution >= 0.6 is 11.3 Å². The van der Waals surface area contributed by atoms with E-state index in [9.17, 15) is 17.6 Å². The molecule has 0 amide bonds. The molecule has 1 aromatic carbocycles. The van der Waals surface area contributed by atoms with E-state index in [0.29, 0.717) is 62.3 Å². The zero-order valence-corrected chi connectivity index (χ0v) is 25.7. The van der Waals surface area contributed by atoms with Gasteiger partial charge in [0.1, 0.15) is 16.5 Å². The Morgan fingerprint density at radius 3 is 2.58 bits per heavy atom. The number of halogens is 1. The minimum atomic E-state index is -3.81. The molecule has 0 radical (unpaired) electrons. The molecule has 3 aromatic heterocycles.